The molecule has 0 saturated carbocycles. The van der Waals surface area contributed by atoms with Gasteiger partial charge in [-0.15, -0.1) is 11.3 Å². The van der Waals surface area contributed by atoms with Crippen molar-refractivity contribution in [2.24, 2.45) is 0 Å². The Morgan fingerprint density at radius 1 is 1.42 bits per heavy atom. The first-order valence-electron chi connectivity index (χ1n) is 6.04. The first kappa shape index (κ1) is 13.7. The number of benzene rings is 1. The third-order valence-corrected chi connectivity index (χ3v) is 3.75. The number of hydrogen-bond acceptors (Lipinski definition) is 4. The summed E-state index contributed by atoms with van der Waals surface area (Å²) >= 11 is 1.57. The molecule has 0 radical (unpaired) electrons. The van der Waals surface area contributed by atoms with Crippen molar-refractivity contribution in [2.45, 2.75) is 26.4 Å². The van der Waals surface area contributed by atoms with Gasteiger partial charge >= 0.3 is 5.97 Å². The van der Waals surface area contributed by atoms with Crippen molar-refractivity contribution in [3.05, 3.63) is 40.9 Å². The fourth-order valence-corrected chi connectivity index (χ4v) is 2.39. The maximum absolute atomic E-state index is 10.7. The minimum atomic E-state index is -0.853. The topological polar surface area (TPSA) is 62.2 Å². The quantitative estimate of drug-likeness (QED) is 0.881. The number of aromatic nitrogens is 1. The van der Waals surface area contributed by atoms with E-state index in [9.17, 15) is 4.79 Å². The fraction of sp³-hybridized carbons (Fsp3) is 0.286. The number of carbonyl (C=O) groups is 1. The van der Waals surface area contributed by atoms with Gasteiger partial charge in [0.1, 0.15) is 11.0 Å². The van der Waals surface area contributed by atoms with Crippen LogP contribution >= 0.6 is 11.3 Å². The summed E-state index contributed by atoms with van der Waals surface area (Å²) in [5.41, 5.74) is 3.18. The largest absolute Gasteiger partial charge is 0.480 e. The molecule has 1 aromatic carbocycles. The summed E-state index contributed by atoms with van der Waals surface area (Å²) in [6.07, 6.45) is 0. The third kappa shape index (κ3) is 3.62. The van der Waals surface area contributed by atoms with Crippen LogP contribution in [0.3, 0.4) is 0 Å². The molecule has 0 fully saturated rings. The molecular weight excluding hydrogens is 260 g/mol. The number of hydrogen-bond donors (Lipinski definition) is 2. The Morgan fingerprint density at radius 3 is 2.74 bits per heavy atom. The van der Waals surface area contributed by atoms with Crippen LogP contribution in [0, 0.1) is 6.92 Å². The van der Waals surface area contributed by atoms with Crippen LogP contribution in [0.5, 0.6) is 0 Å². The lowest BCUT2D eigenvalue weighted by atomic mass is 10.2. The van der Waals surface area contributed by atoms with Crippen LogP contribution in [0.15, 0.2) is 29.6 Å². The molecule has 0 aliphatic carbocycles. The summed E-state index contributed by atoms with van der Waals surface area (Å²) in [5.74, 6) is -0.853. The minimum absolute atomic E-state index is 0.468. The monoisotopic (exact) mass is 276 g/mol. The van der Waals surface area contributed by atoms with Gasteiger partial charge in [-0.2, -0.15) is 0 Å². The Labute approximate surface area is 116 Å². The zero-order valence-corrected chi connectivity index (χ0v) is 11.7. The van der Waals surface area contributed by atoms with Gasteiger partial charge in [0.15, 0.2) is 0 Å². The van der Waals surface area contributed by atoms with Gasteiger partial charge in [0.25, 0.3) is 0 Å². The predicted molar refractivity (Wildman–Crippen MR) is 76.2 cm³/mol. The molecular formula is C14H16N2O2S. The zero-order valence-electron chi connectivity index (χ0n) is 10.9. The summed E-state index contributed by atoms with van der Waals surface area (Å²) in [7, 11) is 0. The van der Waals surface area contributed by atoms with Crippen molar-refractivity contribution < 1.29 is 9.90 Å². The molecule has 0 aliphatic rings. The molecule has 1 aromatic heterocycles. The van der Waals surface area contributed by atoms with Crippen molar-refractivity contribution in [1.82, 2.24) is 10.3 Å². The van der Waals surface area contributed by atoms with Gasteiger partial charge < -0.3 is 5.11 Å². The van der Waals surface area contributed by atoms with E-state index >= 15 is 0 Å². The summed E-state index contributed by atoms with van der Waals surface area (Å²) in [4.78, 5) is 15.2. The second-order valence-corrected chi connectivity index (χ2v) is 5.31. The van der Waals surface area contributed by atoms with Gasteiger partial charge in [-0.25, -0.2) is 4.98 Å². The van der Waals surface area contributed by atoms with Crippen molar-refractivity contribution in [3.63, 3.8) is 0 Å². The van der Waals surface area contributed by atoms with E-state index in [0.29, 0.717) is 6.54 Å². The lowest BCUT2D eigenvalue weighted by Crippen LogP contribution is -2.33. The number of aliphatic carboxylic acids is 1. The molecule has 5 heteroatoms. The van der Waals surface area contributed by atoms with E-state index in [-0.39, 0.29) is 0 Å². The van der Waals surface area contributed by atoms with Gasteiger partial charge in [-0.3, -0.25) is 10.1 Å². The Balaban J connectivity index is 2.03. The van der Waals surface area contributed by atoms with E-state index in [0.717, 1.165) is 16.3 Å². The summed E-state index contributed by atoms with van der Waals surface area (Å²) in [5, 5.41) is 14.6. The highest BCUT2D eigenvalue weighted by Gasteiger charge is 2.11. The first-order chi connectivity index (χ1) is 9.06. The Kier molecular flexibility index (Phi) is 4.29. The molecule has 2 N–H and O–H groups in total. The Hall–Kier alpha value is -1.72. The zero-order chi connectivity index (χ0) is 13.8. The minimum Gasteiger partial charge on any atom is -0.480 e. The standard InChI is InChI=1S/C14H16N2O2S/c1-9-3-5-11(6-4-9)13-16-12(8-19-13)7-15-10(2)14(17)18/h3-6,8,10,15H,7H2,1-2H3,(H,17,18)/t10-/m1/s1. The lowest BCUT2D eigenvalue weighted by molar-refractivity contribution is -0.139. The number of aryl methyl sites for hydroxylation is 1. The van der Waals surface area contributed by atoms with E-state index in [1.807, 2.05) is 24.4 Å². The van der Waals surface area contributed by atoms with Gasteiger partial charge in [0.05, 0.1) is 5.69 Å². The highest BCUT2D eigenvalue weighted by Crippen LogP contribution is 2.23. The van der Waals surface area contributed by atoms with Crippen LogP contribution in [0.4, 0.5) is 0 Å². The van der Waals surface area contributed by atoms with E-state index in [2.05, 4.69) is 22.4 Å². The van der Waals surface area contributed by atoms with Crippen LogP contribution < -0.4 is 5.32 Å². The lowest BCUT2D eigenvalue weighted by Gasteiger charge is -2.06. The molecule has 2 rings (SSSR count). The van der Waals surface area contributed by atoms with Crippen molar-refractivity contribution >= 4 is 17.3 Å². The SMILES string of the molecule is Cc1ccc(-c2nc(CN[C@H](C)C(=O)O)cs2)cc1. The molecule has 100 valence electrons. The number of rotatable bonds is 5. The second kappa shape index (κ2) is 5.95. The van der Waals surface area contributed by atoms with E-state index in [4.69, 9.17) is 5.11 Å². The highest BCUT2D eigenvalue weighted by atomic mass is 32.1. The van der Waals surface area contributed by atoms with Gasteiger partial charge in [-0.1, -0.05) is 29.8 Å². The fourth-order valence-electron chi connectivity index (χ4n) is 1.56. The van der Waals surface area contributed by atoms with Crippen LogP contribution in [-0.4, -0.2) is 22.1 Å². The van der Waals surface area contributed by atoms with Crippen molar-refractivity contribution in [1.29, 1.82) is 0 Å². The first-order valence-corrected chi connectivity index (χ1v) is 6.92. The molecule has 1 heterocycles. The predicted octanol–water partition coefficient (Wildman–Crippen LogP) is 2.68. The van der Waals surface area contributed by atoms with Gasteiger partial charge in [0.2, 0.25) is 0 Å². The van der Waals surface area contributed by atoms with Crippen molar-refractivity contribution in [2.75, 3.05) is 0 Å². The molecule has 0 unspecified atom stereocenters. The molecule has 2 aromatic rings. The van der Waals surface area contributed by atoms with Crippen LogP contribution in [0.25, 0.3) is 10.6 Å². The number of carboxylic acids is 1. The smallest absolute Gasteiger partial charge is 0.320 e. The number of nitrogens with one attached hydrogen (secondary N) is 1. The molecule has 4 nitrogen and oxygen atoms in total. The van der Waals surface area contributed by atoms with Crippen molar-refractivity contribution in [3.8, 4) is 10.6 Å². The summed E-state index contributed by atoms with van der Waals surface area (Å²) in [6.45, 7) is 4.14. The molecule has 0 bridgehead atoms. The Morgan fingerprint density at radius 2 is 2.11 bits per heavy atom. The van der Waals surface area contributed by atoms with Gasteiger partial charge in [0, 0.05) is 17.5 Å². The summed E-state index contributed by atoms with van der Waals surface area (Å²) in [6, 6.07) is 7.64. The van der Waals surface area contributed by atoms with Crippen LogP contribution in [0.2, 0.25) is 0 Å². The van der Waals surface area contributed by atoms with Gasteiger partial charge in [-0.05, 0) is 13.8 Å². The molecule has 0 aliphatic heterocycles. The molecule has 19 heavy (non-hydrogen) atoms. The number of thiazole rings is 1. The highest BCUT2D eigenvalue weighted by molar-refractivity contribution is 7.13. The second-order valence-electron chi connectivity index (χ2n) is 4.45. The molecule has 1 atom stereocenters. The van der Waals surface area contributed by atoms with E-state index in [1.54, 1.807) is 18.3 Å². The average molecular weight is 276 g/mol. The summed E-state index contributed by atoms with van der Waals surface area (Å²) < 4.78 is 0. The number of nitrogens with zero attached hydrogens (tertiary/aromatic N) is 1. The van der Waals surface area contributed by atoms with E-state index in [1.165, 1.54) is 5.56 Å². The van der Waals surface area contributed by atoms with Crippen LogP contribution in [-0.2, 0) is 11.3 Å². The van der Waals surface area contributed by atoms with E-state index < -0.39 is 12.0 Å². The maximum Gasteiger partial charge on any atom is 0.320 e. The normalized spacial score (nSPS) is 12.3. The average Bonchev–Trinajstić information content (AvgIpc) is 2.85. The number of carboxylic acid groups (broad SMARTS) is 1. The third-order valence-electron chi connectivity index (χ3n) is 2.81. The van der Waals surface area contributed by atoms with Crippen LogP contribution in [0.1, 0.15) is 18.2 Å². The molecule has 0 spiro atoms. The Bertz CT molecular complexity index is 563. The maximum atomic E-state index is 10.7. The molecule has 0 saturated heterocycles. The molecule has 0 amide bonds.